The first-order valence-electron chi connectivity index (χ1n) is 10.0. The van der Waals surface area contributed by atoms with Gasteiger partial charge < -0.3 is 9.47 Å². The van der Waals surface area contributed by atoms with E-state index in [1.807, 2.05) is 12.1 Å². The Morgan fingerprint density at radius 3 is 2.89 bits per heavy atom. The van der Waals surface area contributed by atoms with Crippen LogP contribution in [0.4, 0.5) is 0 Å². The van der Waals surface area contributed by atoms with E-state index in [1.165, 1.54) is 32.1 Å². The van der Waals surface area contributed by atoms with Gasteiger partial charge in [0.1, 0.15) is 0 Å². The summed E-state index contributed by atoms with van der Waals surface area (Å²) in [6, 6.07) is 3.71. The van der Waals surface area contributed by atoms with Crippen LogP contribution in [-0.2, 0) is 6.42 Å². The van der Waals surface area contributed by atoms with Crippen molar-refractivity contribution in [3.8, 4) is 11.5 Å². The first-order chi connectivity index (χ1) is 13.7. The van der Waals surface area contributed by atoms with Gasteiger partial charge in [-0.15, -0.1) is 0 Å². The Labute approximate surface area is 174 Å². The highest BCUT2D eigenvalue weighted by Crippen LogP contribution is 2.37. The summed E-state index contributed by atoms with van der Waals surface area (Å²) in [6.45, 7) is 1.22. The van der Waals surface area contributed by atoms with E-state index < -0.39 is 0 Å². The number of H-pyrrole nitrogens is 1. The predicted molar refractivity (Wildman–Crippen MR) is 112 cm³/mol. The van der Waals surface area contributed by atoms with Gasteiger partial charge in [0.15, 0.2) is 17.3 Å². The fraction of sp³-hybridized carbons (Fsp3) is 0.550. The number of ether oxygens (including phenoxy) is 2. The number of nitrogens with zero attached hydrogens (tertiary/aromatic N) is 3. The minimum atomic E-state index is 0.496. The molecule has 4 rings (SSSR count). The lowest BCUT2D eigenvalue weighted by atomic mass is 9.86. The third kappa shape index (κ3) is 4.58. The SMILES string of the molecule is S=c1[nH]nc(CCC2CCCCC2)n1/N=C\c1cc(Cl)c2c(c1)OCCCO2. The number of aryl methyl sites for hydroxylation is 1. The zero-order chi connectivity index (χ0) is 19.3. The Bertz CT molecular complexity index is 902. The van der Waals surface area contributed by atoms with Gasteiger partial charge in [0, 0.05) is 12.8 Å². The van der Waals surface area contributed by atoms with Crippen molar-refractivity contribution >= 4 is 30.0 Å². The molecule has 0 radical (unpaired) electrons. The molecule has 1 saturated carbocycles. The Morgan fingerprint density at radius 1 is 1.21 bits per heavy atom. The minimum Gasteiger partial charge on any atom is -0.489 e. The van der Waals surface area contributed by atoms with Crippen molar-refractivity contribution in [1.29, 1.82) is 0 Å². The maximum Gasteiger partial charge on any atom is 0.216 e. The zero-order valence-corrected chi connectivity index (χ0v) is 17.4. The van der Waals surface area contributed by atoms with E-state index in [2.05, 4.69) is 15.3 Å². The third-order valence-electron chi connectivity index (χ3n) is 5.37. The number of aromatic amines is 1. The first kappa shape index (κ1) is 19.5. The normalized spacial score (nSPS) is 17.8. The number of hydrogen-bond donors (Lipinski definition) is 1. The van der Waals surface area contributed by atoms with Gasteiger partial charge in [0.25, 0.3) is 0 Å². The molecule has 0 saturated heterocycles. The summed E-state index contributed by atoms with van der Waals surface area (Å²) in [5.74, 6) is 2.91. The van der Waals surface area contributed by atoms with Crippen molar-refractivity contribution in [3.63, 3.8) is 0 Å². The molecule has 1 N–H and O–H groups in total. The molecule has 0 spiro atoms. The standard InChI is InChI=1S/C20H25ClN4O2S/c21-16-11-15(12-17-19(16)27-10-4-9-26-17)13-22-25-18(23-24-20(25)28)8-7-14-5-2-1-3-6-14/h11-14H,1-10H2,(H,24,28)/b22-13-. The lowest BCUT2D eigenvalue weighted by Gasteiger charge is -2.20. The van der Waals surface area contributed by atoms with Crippen molar-refractivity contribution < 1.29 is 9.47 Å². The number of benzene rings is 1. The molecule has 150 valence electrons. The number of aromatic nitrogens is 3. The highest BCUT2D eigenvalue weighted by molar-refractivity contribution is 7.71. The quantitative estimate of drug-likeness (QED) is 0.536. The molecule has 1 aromatic heterocycles. The second kappa shape index (κ2) is 9.09. The number of hydrogen-bond acceptors (Lipinski definition) is 5. The van der Waals surface area contributed by atoms with Gasteiger partial charge in [-0.2, -0.15) is 14.9 Å². The predicted octanol–water partition coefficient (Wildman–Crippen LogP) is 5.15. The van der Waals surface area contributed by atoms with Crippen LogP contribution in [0.5, 0.6) is 11.5 Å². The molecule has 0 bridgehead atoms. The summed E-state index contributed by atoms with van der Waals surface area (Å²) >= 11 is 11.7. The molecule has 2 heterocycles. The Hall–Kier alpha value is -1.86. The molecule has 8 heteroatoms. The monoisotopic (exact) mass is 420 g/mol. The molecule has 1 aromatic carbocycles. The van der Waals surface area contributed by atoms with Gasteiger partial charge in [0.2, 0.25) is 4.77 Å². The molecular formula is C20H25ClN4O2S. The van der Waals surface area contributed by atoms with E-state index >= 15 is 0 Å². The molecule has 1 fully saturated rings. The van der Waals surface area contributed by atoms with E-state index in [-0.39, 0.29) is 0 Å². The van der Waals surface area contributed by atoms with Crippen molar-refractivity contribution in [1.82, 2.24) is 14.9 Å². The Kier molecular flexibility index (Phi) is 6.32. The van der Waals surface area contributed by atoms with Gasteiger partial charge >= 0.3 is 0 Å². The molecule has 2 aromatic rings. The van der Waals surface area contributed by atoms with E-state index in [0.717, 1.165) is 36.6 Å². The van der Waals surface area contributed by atoms with Gasteiger partial charge in [-0.25, -0.2) is 0 Å². The van der Waals surface area contributed by atoms with Crippen molar-refractivity contribution in [2.75, 3.05) is 13.2 Å². The summed E-state index contributed by atoms with van der Waals surface area (Å²) < 4.78 is 13.6. The van der Waals surface area contributed by atoms with Crippen LogP contribution < -0.4 is 9.47 Å². The summed E-state index contributed by atoms with van der Waals surface area (Å²) in [5.41, 5.74) is 0.829. The van der Waals surface area contributed by atoms with Crippen LogP contribution in [0.15, 0.2) is 17.2 Å². The number of halogens is 1. The van der Waals surface area contributed by atoms with E-state index in [0.29, 0.717) is 34.5 Å². The van der Waals surface area contributed by atoms with Crippen LogP contribution in [-0.4, -0.2) is 34.3 Å². The second-order valence-corrected chi connectivity index (χ2v) is 8.22. The average molecular weight is 421 g/mol. The molecule has 6 nitrogen and oxygen atoms in total. The minimum absolute atomic E-state index is 0.496. The molecule has 0 atom stereocenters. The maximum absolute atomic E-state index is 6.37. The number of nitrogens with one attached hydrogen (secondary N) is 1. The smallest absolute Gasteiger partial charge is 0.216 e. The molecule has 1 aliphatic heterocycles. The Balaban J connectivity index is 1.50. The summed E-state index contributed by atoms with van der Waals surface area (Å²) in [5, 5.41) is 12.3. The Morgan fingerprint density at radius 2 is 2.04 bits per heavy atom. The van der Waals surface area contributed by atoms with Crippen molar-refractivity contribution in [2.45, 2.75) is 51.4 Å². The van der Waals surface area contributed by atoms with E-state index in [4.69, 9.17) is 33.3 Å². The second-order valence-electron chi connectivity index (χ2n) is 7.42. The van der Waals surface area contributed by atoms with Crippen LogP contribution >= 0.6 is 23.8 Å². The molecule has 0 unspecified atom stereocenters. The highest BCUT2D eigenvalue weighted by atomic mass is 35.5. The summed E-state index contributed by atoms with van der Waals surface area (Å²) in [6.07, 6.45) is 11.3. The van der Waals surface area contributed by atoms with E-state index in [1.54, 1.807) is 10.9 Å². The van der Waals surface area contributed by atoms with Crippen LogP contribution in [0.2, 0.25) is 5.02 Å². The number of fused-ring (bicyclic) bond motifs is 1. The maximum atomic E-state index is 6.37. The zero-order valence-electron chi connectivity index (χ0n) is 15.8. The average Bonchev–Trinajstić information content (AvgIpc) is 2.90. The topological polar surface area (TPSA) is 64.4 Å². The number of rotatable bonds is 5. The van der Waals surface area contributed by atoms with E-state index in [9.17, 15) is 0 Å². The van der Waals surface area contributed by atoms with Crippen LogP contribution in [0.25, 0.3) is 0 Å². The van der Waals surface area contributed by atoms with Crippen molar-refractivity contribution in [3.05, 3.63) is 33.3 Å². The highest BCUT2D eigenvalue weighted by Gasteiger charge is 2.16. The van der Waals surface area contributed by atoms with Crippen LogP contribution in [0, 0.1) is 10.7 Å². The molecule has 28 heavy (non-hydrogen) atoms. The summed E-state index contributed by atoms with van der Waals surface area (Å²) in [4.78, 5) is 0. The fourth-order valence-corrected chi connectivity index (χ4v) is 4.34. The largest absolute Gasteiger partial charge is 0.489 e. The van der Waals surface area contributed by atoms with Crippen LogP contribution in [0.3, 0.4) is 0 Å². The lowest BCUT2D eigenvalue weighted by Crippen LogP contribution is -2.09. The van der Waals surface area contributed by atoms with Crippen LogP contribution in [0.1, 0.15) is 56.3 Å². The van der Waals surface area contributed by atoms with Gasteiger partial charge in [-0.05, 0) is 42.3 Å². The van der Waals surface area contributed by atoms with Gasteiger partial charge in [0.05, 0.1) is 24.5 Å². The molecule has 2 aliphatic rings. The van der Waals surface area contributed by atoms with Gasteiger partial charge in [-0.1, -0.05) is 43.7 Å². The lowest BCUT2D eigenvalue weighted by molar-refractivity contribution is 0.297. The molecular weight excluding hydrogens is 396 g/mol. The van der Waals surface area contributed by atoms with Crippen molar-refractivity contribution in [2.24, 2.45) is 11.0 Å². The molecule has 1 aliphatic carbocycles. The molecule has 0 amide bonds. The summed E-state index contributed by atoms with van der Waals surface area (Å²) in [7, 11) is 0. The van der Waals surface area contributed by atoms with Gasteiger partial charge in [-0.3, -0.25) is 5.10 Å². The first-order valence-corrected chi connectivity index (χ1v) is 10.8. The third-order valence-corrected chi connectivity index (χ3v) is 5.91. The fourth-order valence-electron chi connectivity index (χ4n) is 3.86.